The fraction of sp³-hybridized carbons (Fsp3) is 0.600. The highest BCUT2D eigenvalue weighted by Gasteiger charge is 2.25. The Morgan fingerprint density at radius 3 is 2.56 bits per heavy atom. The second-order valence-corrected chi connectivity index (χ2v) is 5.23. The molecule has 1 fully saturated rings. The summed E-state index contributed by atoms with van der Waals surface area (Å²) in [7, 11) is 0. The van der Waals surface area contributed by atoms with Gasteiger partial charge in [-0.2, -0.15) is 0 Å². The first-order valence-electron chi connectivity index (χ1n) is 6.49. The third-order valence-electron chi connectivity index (χ3n) is 4.17. The van der Waals surface area contributed by atoms with Crippen LogP contribution in [0, 0.1) is 19.8 Å². The molecule has 0 radical (unpaired) electrons. The Balaban J connectivity index is 2.23. The molecule has 1 nitrogen and oxygen atoms in total. The zero-order valence-electron chi connectivity index (χ0n) is 10.5. The van der Waals surface area contributed by atoms with E-state index in [9.17, 15) is 0 Å². The van der Waals surface area contributed by atoms with E-state index in [-0.39, 0.29) is 0 Å². The van der Waals surface area contributed by atoms with Crippen molar-refractivity contribution in [3.63, 3.8) is 0 Å². The molecule has 1 aromatic rings. The minimum absolute atomic E-state index is 0.704. The highest BCUT2D eigenvalue weighted by atomic mass is 14.6. The van der Waals surface area contributed by atoms with E-state index in [2.05, 4.69) is 32.0 Å². The molecule has 0 heterocycles. The molecule has 0 saturated heterocycles. The summed E-state index contributed by atoms with van der Waals surface area (Å²) >= 11 is 0. The molecule has 0 aliphatic heterocycles. The molecule has 2 rings (SSSR count). The number of hydrogen-bond acceptors (Lipinski definition) is 1. The van der Waals surface area contributed by atoms with E-state index < -0.39 is 0 Å². The first-order chi connectivity index (χ1) is 7.72. The molecule has 0 bridgehead atoms. The van der Waals surface area contributed by atoms with Crippen LogP contribution in [-0.4, -0.2) is 6.54 Å². The first kappa shape index (κ1) is 11.7. The molecule has 1 saturated carbocycles. The fourth-order valence-corrected chi connectivity index (χ4v) is 2.92. The summed E-state index contributed by atoms with van der Waals surface area (Å²) in [6.07, 6.45) is 5.37. The van der Waals surface area contributed by atoms with Gasteiger partial charge in [-0.15, -0.1) is 0 Å². The molecule has 2 N–H and O–H groups in total. The monoisotopic (exact) mass is 217 g/mol. The lowest BCUT2D eigenvalue weighted by Gasteiger charge is -2.31. The van der Waals surface area contributed by atoms with Gasteiger partial charge in [-0.1, -0.05) is 31.0 Å². The lowest BCUT2D eigenvalue weighted by molar-refractivity contribution is 0.314. The summed E-state index contributed by atoms with van der Waals surface area (Å²) in [5.74, 6) is 1.41. The van der Waals surface area contributed by atoms with Crippen molar-refractivity contribution in [2.45, 2.75) is 45.4 Å². The van der Waals surface area contributed by atoms with E-state index in [4.69, 9.17) is 5.73 Å². The number of aryl methyl sites for hydroxylation is 2. The van der Waals surface area contributed by atoms with Crippen LogP contribution in [-0.2, 0) is 0 Å². The molecule has 1 aromatic carbocycles. The molecule has 1 heteroatoms. The van der Waals surface area contributed by atoms with Crippen molar-refractivity contribution in [1.82, 2.24) is 0 Å². The van der Waals surface area contributed by atoms with Crippen LogP contribution in [0.5, 0.6) is 0 Å². The second kappa shape index (κ2) is 5.01. The average Bonchev–Trinajstić information content (AvgIpc) is 2.32. The largest absolute Gasteiger partial charge is 0.330 e. The van der Waals surface area contributed by atoms with Crippen molar-refractivity contribution in [1.29, 1.82) is 0 Å². The van der Waals surface area contributed by atoms with E-state index in [1.807, 2.05) is 0 Å². The Morgan fingerprint density at radius 2 is 1.88 bits per heavy atom. The Morgan fingerprint density at radius 1 is 1.12 bits per heavy atom. The molecule has 0 amide bonds. The van der Waals surface area contributed by atoms with Crippen LogP contribution in [0.15, 0.2) is 18.2 Å². The van der Waals surface area contributed by atoms with Crippen molar-refractivity contribution >= 4 is 0 Å². The number of nitrogens with two attached hydrogens (primary N) is 1. The maximum absolute atomic E-state index is 5.90. The molecule has 2 atom stereocenters. The molecular weight excluding hydrogens is 194 g/mol. The molecule has 1 aliphatic carbocycles. The lowest BCUT2D eigenvalue weighted by atomic mass is 9.75. The van der Waals surface area contributed by atoms with Crippen LogP contribution in [0.1, 0.15) is 48.3 Å². The zero-order valence-corrected chi connectivity index (χ0v) is 10.5. The standard InChI is InChI=1S/C15H23N/c1-11-7-8-13(9-12(11)2)15-6-4-3-5-14(15)10-16/h7-9,14-15H,3-6,10,16H2,1-2H3. The summed E-state index contributed by atoms with van der Waals surface area (Å²) in [4.78, 5) is 0. The van der Waals surface area contributed by atoms with Crippen molar-refractivity contribution in [2.24, 2.45) is 11.7 Å². The number of hydrogen-bond donors (Lipinski definition) is 1. The fourth-order valence-electron chi connectivity index (χ4n) is 2.92. The van der Waals surface area contributed by atoms with Gasteiger partial charge in [-0.05, 0) is 61.8 Å². The third kappa shape index (κ3) is 2.30. The normalized spacial score (nSPS) is 25.7. The predicted octanol–water partition coefficient (Wildman–Crippen LogP) is 3.54. The lowest BCUT2D eigenvalue weighted by Crippen LogP contribution is -2.25. The average molecular weight is 217 g/mol. The molecule has 1 aliphatic rings. The topological polar surface area (TPSA) is 26.0 Å². The van der Waals surface area contributed by atoms with Crippen LogP contribution in [0.3, 0.4) is 0 Å². The van der Waals surface area contributed by atoms with Gasteiger partial charge in [0.2, 0.25) is 0 Å². The number of benzene rings is 1. The molecule has 2 unspecified atom stereocenters. The van der Waals surface area contributed by atoms with Crippen LogP contribution in [0.4, 0.5) is 0 Å². The molecule has 0 spiro atoms. The highest BCUT2D eigenvalue weighted by molar-refractivity contribution is 5.32. The maximum Gasteiger partial charge on any atom is -0.00430 e. The van der Waals surface area contributed by atoms with Gasteiger partial charge in [-0.25, -0.2) is 0 Å². The zero-order chi connectivity index (χ0) is 11.5. The minimum Gasteiger partial charge on any atom is -0.330 e. The Bertz CT molecular complexity index is 356. The molecular formula is C15H23N. The Hall–Kier alpha value is -0.820. The van der Waals surface area contributed by atoms with Crippen LogP contribution in [0.2, 0.25) is 0 Å². The summed E-state index contributed by atoms with van der Waals surface area (Å²) < 4.78 is 0. The summed E-state index contributed by atoms with van der Waals surface area (Å²) in [6, 6.07) is 6.93. The van der Waals surface area contributed by atoms with Gasteiger partial charge in [-0.3, -0.25) is 0 Å². The number of rotatable bonds is 2. The second-order valence-electron chi connectivity index (χ2n) is 5.23. The van der Waals surface area contributed by atoms with E-state index in [1.165, 1.54) is 42.4 Å². The Labute approximate surface area is 99.0 Å². The smallest absolute Gasteiger partial charge is 0.00430 e. The van der Waals surface area contributed by atoms with Crippen molar-refractivity contribution in [3.8, 4) is 0 Å². The molecule has 16 heavy (non-hydrogen) atoms. The molecule has 0 aromatic heterocycles. The van der Waals surface area contributed by atoms with Gasteiger partial charge in [0.25, 0.3) is 0 Å². The summed E-state index contributed by atoms with van der Waals surface area (Å²) in [5, 5.41) is 0. The predicted molar refractivity (Wildman–Crippen MR) is 69.7 cm³/mol. The highest BCUT2D eigenvalue weighted by Crippen LogP contribution is 2.37. The third-order valence-corrected chi connectivity index (χ3v) is 4.17. The van der Waals surface area contributed by atoms with E-state index in [1.54, 1.807) is 0 Å². The quantitative estimate of drug-likeness (QED) is 0.805. The van der Waals surface area contributed by atoms with Crippen molar-refractivity contribution in [2.75, 3.05) is 6.54 Å². The van der Waals surface area contributed by atoms with Gasteiger partial charge < -0.3 is 5.73 Å². The SMILES string of the molecule is Cc1ccc(C2CCCCC2CN)cc1C. The van der Waals surface area contributed by atoms with E-state index in [0.29, 0.717) is 11.8 Å². The van der Waals surface area contributed by atoms with Gasteiger partial charge in [0.15, 0.2) is 0 Å². The first-order valence-corrected chi connectivity index (χ1v) is 6.49. The maximum atomic E-state index is 5.90. The van der Waals surface area contributed by atoms with Crippen LogP contribution in [0.25, 0.3) is 0 Å². The molecule has 88 valence electrons. The van der Waals surface area contributed by atoms with Gasteiger partial charge >= 0.3 is 0 Å². The van der Waals surface area contributed by atoms with Crippen molar-refractivity contribution in [3.05, 3.63) is 34.9 Å². The minimum atomic E-state index is 0.704. The van der Waals surface area contributed by atoms with E-state index >= 15 is 0 Å². The van der Waals surface area contributed by atoms with E-state index in [0.717, 1.165) is 6.54 Å². The van der Waals surface area contributed by atoms with Gasteiger partial charge in [0.05, 0.1) is 0 Å². The summed E-state index contributed by atoms with van der Waals surface area (Å²) in [5.41, 5.74) is 10.2. The van der Waals surface area contributed by atoms with Gasteiger partial charge in [0, 0.05) is 0 Å². The van der Waals surface area contributed by atoms with Crippen LogP contribution < -0.4 is 5.73 Å². The summed E-state index contributed by atoms with van der Waals surface area (Å²) in [6.45, 7) is 5.23. The van der Waals surface area contributed by atoms with Crippen LogP contribution >= 0.6 is 0 Å². The van der Waals surface area contributed by atoms with Crippen molar-refractivity contribution < 1.29 is 0 Å². The van der Waals surface area contributed by atoms with Gasteiger partial charge in [0.1, 0.15) is 0 Å². The Kier molecular flexibility index (Phi) is 3.65.